The fourth-order valence-electron chi connectivity index (χ4n) is 5.19. The highest BCUT2D eigenvalue weighted by Gasteiger charge is 2.66. The van der Waals surface area contributed by atoms with Crippen LogP contribution in [0.5, 0.6) is 0 Å². The van der Waals surface area contributed by atoms with Crippen LogP contribution < -0.4 is 5.32 Å². The van der Waals surface area contributed by atoms with E-state index in [1.165, 1.54) is 10.9 Å². The van der Waals surface area contributed by atoms with Crippen LogP contribution >= 0.6 is 0 Å². The van der Waals surface area contributed by atoms with Crippen LogP contribution in [0.2, 0.25) is 0 Å². The molecule has 2 amide bonds. The molecule has 6 rings (SSSR count). The second-order valence-corrected chi connectivity index (χ2v) is 8.55. The lowest BCUT2D eigenvalue weighted by Crippen LogP contribution is -2.44. The van der Waals surface area contributed by atoms with E-state index in [-0.39, 0.29) is 23.8 Å². The zero-order valence-electron chi connectivity index (χ0n) is 15.6. The third kappa shape index (κ3) is 2.30. The molecule has 2 saturated heterocycles. The highest BCUT2D eigenvalue weighted by Crippen LogP contribution is 2.52. The molecule has 4 atom stereocenters. The van der Waals surface area contributed by atoms with Crippen LogP contribution in [0.25, 0.3) is 10.9 Å². The number of ether oxygens (including phenoxy) is 1. The maximum Gasteiger partial charge on any atom is 0.230 e. The average molecular weight is 377 g/mol. The predicted octanol–water partition coefficient (Wildman–Crippen LogP) is 1.77. The number of H-pyrrole nitrogens is 1. The number of likely N-dealkylation sites (tertiary alicyclic amines) is 1. The van der Waals surface area contributed by atoms with E-state index in [0.29, 0.717) is 19.1 Å². The molecule has 1 aromatic heterocycles. The van der Waals surface area contributed by atoms with Gasteiger partial charge < -0.3 is 19.9 Å². The van der Waals surface area contributed by atoms with Crippen LogP contribution in [-0.4, -0.2) is 52.5 Å². The molecule has 144 valence electrons. The first-order valence-corrected chi connectivity index (χ1v) is 10.2. The van der Waals surface area contributed by atoms with Crippen molar-refractivity contribution >= 4 is 22.7 Å². The van der Waals surface area contributed by atoms with Crippen molar-refractivity contribution in [3.63, 3.8) is 0 Å². The third-order valence-electron chi connectivity index (χ3n) is 6.73. The molecule has 6 heteroatoms. The Morgan fingerprint density at radius 2 is 2.18 bits per heavy atom. The number of para-hydroxylation sites is 1. The van der Waals surface area contributed by atoms with Gasteiger partial charge in [-0.1, -0.05) is 30.4 Å². The molecule has 1 saturated carbocycles. The van der Waals surface area contributed by atoms with Crippen LogP contribution in [0.4, 0.5) is 0 Å². The van der Waals surface area contributed by atoms with E-state index in [0.717, 1.165) is 24.8 Å². The van der Waals surface area contributed by atoms with Crippen molar-refractivity contribution in [3.8, 4) is 0 Å². The Morgan fingerprint density at radius 1 is 1.32 bits per heavy atom. The third-order valence-corrected chi connectivity index (χ3v) is 6.73. The fourth-order valence-corrected chi connectivity index (χ4v) is 5.19. The topological polar surface area (TPSA) is 74.4 Å². The number of aromatic amines is 1. The Morgan fingerprint density at radius 3 is 3.04 bits per heavy atom. The van der Waals surface area contributed by atoms with Crippen LogP contribution in [0.1, 0.15) is 18.4 Å². The molecule has 1 aromatic carbocycles. The van der Waals surface area contributed by atoms with Crippen LogP contribution in [0.15, 0.2) is 42.6 Å². The molecule has 28 heavy (non-hydrogen) atoms. The number of aromatic nitrogens is 1. The lowest BCUT2D eigenvalue weighted by Gasteiger charge is -2.23. The van der Waals surface area contributed by atoms with E-state index >= 15 is 0 Å². The van der Waals surface area contributed by atoms with Crippen LogP contribution in [-0.2, 0) is 20.7 Å². The van der Waals surface area contributed by atoms with Gasteiger partial charge in [0.1, 0.15) is 5.60 Å². The molecular formula is C22H23N3O3. The number of hydrogen-bond acceptors (Lipinski definition) is 3. The molecule has 2 N–H and O–H groups in total. The van der Waals surface area contributed by atoms with Crippen molar-refractivity contribution < 1.29 is 14.3 Å². The van der Waals surface area contributed by atoms with Crippen molar-refractivity contribution in [2.45, 2.75) is 37.0 Å². The number of carbonyl (C=O) groups is 2. The fraction of sp³-hybridized carbons (Fsp3) is 0.455. The minimum Gasteiger partial charge on any atom is -0.361 e. The van der Waals surface area contributed by atoms with E-state index in [1.54, 1.807) is 0 Å². The van der Waals surface area contributed by atoms with Gasteiger partial charge in [-0.3, -0.25) is 9.59 Å². The number of hydrogen-bond donors (Lipinski definition) is 2. The second-order valence-electron chi connectivity index (χ2n) is 8.55. The smallest absolute Gasteiger partial charge is 0.230 e. The largest absolute Gasteiger partial charge is 0.361 e. The molecule has 3 aliphatic heterocycles. The van der Waals surface area contributed by atoms with E-state index in [2.05, 4.69) is 22.4 Å². The zero-order chi connectivity index (χ0) is 18.9. The summed E-state index contributed by atoms with van der Waals surface area (Å²) in [6.45, 7) is 1.18. The number of nitrogens with zero attached hydrogens (tertiary/aromatic N) is 1. The van der Waals surface area contributed by atoms with E-state index in [4.69, 9.17) is 4.74 Å². The summed E-state index contributed by atoms with van der Waals surface area (Å²) in [6.07, 6.45) is 8.63. The number of fused-ring (bicyclic) bond motifs is 2. The van der Waals surface area contributed by atoms with Crippen molar-refractivity contribution in [2.24, 2.45) is 11.8 Å². The maximum atomic E-state index is 13.2. The number of rotatable bonds is 5. The molecule has 4 aliphatic rings. The SMILES string of the molecule is O=C(NC1CC1)C1C2C=CC3(CN(CCc4c[nH]c5ccccc45)C(=O)C13)O2. The minimum atomic E-state index is -0.618. The first-order chi connectivity index (χ1) is 13.6. The predicted molar refractivity (Wildman–Crippen MR) is 103 cm³/mol. The molecule has 2 bridgehead atoms. The van der Waals surface area contributed by atoms with Gasteiger partial charge in [0.05, 0.1) is 24.5 Å². The summed E-state index contributed by atoms with van der Waals surface area (Å²) in [6, 6.07) is 8.50. The second kappa shape index (κ2) is 5.70. The Balaban J connectivity index is 1.21. The zero-order valence-corrected chi connectivity index (χ0v) is 15.6. The van der Waals surface area contributed by atoms with Gasteiger partial charge in [0.25, 0.3) is 0 Å². The number of benzene rings is 1. The van der Waals surface area contributed by atoms with Gasteiger partial charge >= 0.3 is 0 Å². The normalized spacial score (nSPS) is 33.1. The van der Waals surface area contributed by atoms with Gasteiger partial charge in [-0.2, -0.15) is 0 Å². The molecule has 6 nitrogen and oxygen atoms in total. The summed E-state index contributed by atoms with van der Waals surface area (Å²) in [5.74, 6) is -0.737. The Kier molecular flexibility index (Phi) is 3.33. The van der Waals surface area contributed by atoms with Crippen LogP contribution in [0.3, 0.4) is 0 Å². The highest BCUT2D eigenvalue weighted by molar-refractivity contribution is 5.93. The van der Waals surface area contributed by atoms with Gasteiger partial charge in [-0.05, 0) is 30.9 Å². The Bertz CT molecular complexity index is 1010. The summed E-state index contributed by atoms with van der Waals surface area (Å²) < 4.78 is 6.19. The summed E-state index contributed by atoms with van der Waals surface area (Å²) in [5.41, 5.74) is 1.71. The summed E-state index contributed by atoms with van der Waals surface area (Å²) >= 11 is 0. The minimum absolute atomic E-state index is 0.0180. The van der Waals surface area contributed by atoms with Gasteiger partial charge in [-0.25, -0.2) is 0 Å². The van der Waals surface area contributed by atoms with Crippen molar-refractivity contribution in [3.05, 3.63) is 48.2 Å². The number of amides is 2. The molecule has 2 aromatic rings. The molecule has 3 fully saturated rings. The summed E-state index contributed by atoms with van der Waals surface area (Å²) in [4.78, 5) is 31.2. The average Bonchev–Trinajstić information content (AvgIpc) is 3.06. The first kappa shape index (κ1) is 16.4. The van der Waals surface area contributed by atoms with Gasteiger partial charge in [0, 0.05) is 29.7 Å². The number of nitrogens with one attached hydrogen (secondary N) is 2. The molecule has 4 heterocycles. The standard InChI is InChI=1S/C22H23N3O3/c26-20(24-14-5-6-14)18-17-7-9-22(28-17)12-25(21(27)19(18)22)10-8-13-11-23-16-4-2-1-3-15(13)16/h1-4,7,9,11,14,17-19,23H,5-6,8,10,12H2,(H,24,26). The lowest BCUT2D eigenvalue weighted by molar-refractivity contribution is -0.137. The molecular weight excluding hydrogens is 354 g/mol. The van der Waals surface area contributed by atoms with Gasteiger partial charge in [0.2, 0.25) is 11.8 Å². The lowest BCUT2D eigenvalue weighted by atomic mass is 9.77. The van der Waals surface area contributed by atoms with E-state index in [1.807, 2.05) is 35.4 Å². The summed E-state index contributed by atoms with van der Waals surface area (Å²) in [7, 11) is 0. The Labute approximate surface area is 162 Å². The molecule has 4 unspecified atom stereocenters. The van der Waals surface area contributed by atoms with Crippen molar-refractivity contribution in [1.82, 2.24) is 15.2 Å². The van der Waals surface area contributed by atoms with E-state index < -0.39 is 11.5 Å². The molecule has 0 radical (unpaired) electrons. The van der Waals surface area contributed by atoms with E-state index in [9.17, 15) is 9.59 Å². The Hall–Kier alpha value is -2.60. The van der Waals surface area contributed by atoms with Crippen molar-refractivity contribution in [2.75, 3.05) is 13.1 Å². The van der Waals surface area contributed by atoms with Gasteiger partial charge in [0.15, 0.2) is 0 Å². The molecule has 1 spiro atoms. The van der Waals surface area contributed by atoms with Gasteiger partial charge in [-0.15, -0.1) is 0 Å². The van der Waals surface area contributed by atoms with Crippen molar-refractivity contribution in [1.29, 1.82) is 0 Å². The van der Waals surface area contributed by atoms with Crippen LogP contribution in [0, 0.1) is 11.8 Å². The summed E-state index contributed by atoms with van der Waals surface area (Å²) in [5, 5.41) is 4.27. The number of carbonyl (C=O) groups excluding carboxylic acids is 2. The quantitative estimate of drug-likeness (QED) is 0.780. The maximum absolute atomic E-state index is 13.2. The monoisotopic (exact) mass is 377 g/mol. The molecule has 1 aliphatic carbocycles. The first-order valence-electron chi connectivity index (χ1n) is 10.2. The highest BCUT2D eigenvalue weighted by atomic mass is 16.5.